The SMILES string of the molecule is CN(C(NCc1ccccc1)=C(C#N)C#N)C1CN(Cc2ccc(F)cc2)CCO1. The summed E-state index contributed by atoms with van der Waals surface area (Å²) in [4.78, 5) is 4.02. The van der Waals surface area contributed by atoms with Crippen molar-refractivity contribution in [1.82, 2.24) is 15.1 Å². The zero-order valence-electron chi connectivity index (χ0n) is 16.9. The number of rotatable bonds is 7. The third-order valence-corrected chi connectivity index (χ3v) is 5.00. The second-order valence-corrected chi connectivity index (χ2v) is 7.08. The highest BCUT2D eigenvalue weighted by Crippen LogP contribution is 2.17. The number of hydrogen-bond acceptors (Lipinski definition) is 6. The molecule has 1 heterocycles. The molecule has 30 heavy (non-hydrogen) atoms. The highest BCUT2D eigenvalue weighted by atomic mass is 19.1. The van der Waals surface area contributed by atoms with Crippen molar-refractivity contribution in [2.45, 2.75) is 19.3 Å². The normalized spacial score (nSPS) is 16.2. The Morgan fingerprint density at radius 3 is 2.50 bits per heavy atom. The van der Waals surface area contributed by atoms with E-state index in [2.05, 4.69) is 10.2 Å². The number of nitrogens with zero attached hydrogens (tertiary/aromatic N) is 4. The number of morpholine rings is 1. The standard InChI is InChI=1S/C23H24FN5O/c1-28(23(20(13-25)14-26)27-15-18-5-3-2-4-6-18)22-17-29(11-12-30-22)16-19-7-9-21(24)10-8-19/h2-10,22,27H,11-12,15-17H2,1H3. The first-order valence-electron chi connectivity index (χ1n) is 9.74. The number of likely N-dealkylation sites (N-methyl/N-ethyl adjacent to an activating group) is 1. The Morgan fingerprint density at radius 1 is 1.13 bits per heavy atom. The van der Waals surface area contributed by atoms with E-state index >= 15 is 0 Å². The number of nitriles is 2. The van der Waals surface area contributed by atoms with Crippen molar-refractivity contribution in [2.75, 3.05) is 26.7 Å². The summed E-state index contributed by atoms with van der Waals surface area (Å²) in [6.45, 7) is 3.03. The molecule has 1 aliphatic heterocycles. The van der Waals surface area contributed by atoms with Gasteiger partial charge in [0.1, 0.15) is 30.0 Å². The lowest BCUT2D eigenvalue weighted by Crippen LogP contribution is -2.50. The Morgan fingerprint density at radius 2 is 1.83 bits per heavy atom. The fourth-order valence-electron chi connectivity index (χ4n) is 3.35. The van der Waals surface area contributed by atoms with Gasteiger partial charge in [-0.3, -0.25) is 4.90 Å². The number of ether oxygens (including phenoxy) is 1. The molecule has 0 saturated carbocycles. The average molecular weight is 405 g/mol. The molecule has 7 heteroatoms. The Kier molecular flexibility index (Phi) is 7.40. The van der Waals surface area contributed by atoms with E-state index in [9.17, 15) is 14.9 Å². The van der Waals surface area contributed by atoms with Gasteiger partial charge in [0.25, 0.3) is 0 Å². The fourth-order valence-corrected chi connectivity index (χ4v) is 3.35. The van der Waals surface area contributed by atoms with Crippen LogP contribution in [0.25, 0.3) is 0 Å². The molecule has 1 unspecified atom stereocenters. The lowest BCUT2D eigenvalue weighted by molar-refractivity contribution is -0.0957. The summed E-state index contributed by atoms with van der Waals surface area (Å²) in [5.41, 5.74) is 2.07. The Bertz CT molecular complexity index is 930. The molecule has 2 aromatic carbocycles. The van der Waals surface area contributed by atoms with Gasteiger partial charge in [0, 0.05) is 33.2 Å². The first kappa shape index (κ1) is 21.3. The van der Waals surface area contributed by atoms with Gasteiger partial charge >= 0.3 is 0 Å². The smallest absolute Gasteiger partial charge is 0.169 e. The first-order valence-corrected chi connectivity index (χ1v) is 9.74. The molecule has 0 aromatic heterocycles. The van der Waals surface area contributed by atoms with Crippen LogP contribution in [-0.2, 0) is 17.8 Å². The van der Waals surface area contributed by atoms with Crippen molar-refractivity contribution in [3.8, 4) is 12.1 Å². The molecule has 0 amide bonds. The molecule has 1 atom stereocenters. The monoisotopic (exact) mass is 405 g/mol. The largest absolute Gasteiger partial charge is 0.366 e. The van der Waals surface area contributed by atoms with Crippen LogP contribution in [0.4, 0.5) is 4.39 Å². The molecule has 2 aromatic rings. The maximum Gasteiger partial charge on any atom is 0.169 e. The minimum Gasteiger partial charge on any atom is -0.366 e. The average Bonchev–Trinajstić information content (AvgIpc) is 2.78. The van der Waals surface area contributed by atoms with E-state index in [1.807, 2.05) is 54.4 Å². The molecule has 0 bridgehead atoms. The molecular formula is C23H24FN5O. The summed E-state index contributed by atoms with van der Waals surface area (Å²) in [5, 5.41) is 22.1. The maximum atomic E-state index is 13.2. The van der Waals surface area contributed by atoms with Gasteiger partial charge in [0.2, 0.25) is 0 Å². The predicted molar refractivity (Wildman–Crippen MR) is 111 cm³/mol. The first-order chi connectivity index (χ1) is 14.6. The van der Waals surface area contributed by atoms with Gasteiger partial charge in [-0.2, -0.15) is 10.5 Å². The minimum atomic E-state index is -0.325. The van der Waals surface area contributed by atoms with Crippen molar-refractivity contribution in [3.05, 3.63) is 82.9 Å². The summed E-state index contributed by atoms with van der Waals surface area (Å²) in [5.74, 6) is 0.190. The summed E-state index contributed by atoms with van der Waals surface area (Å²) in [6, 6.07) is 20.2. The van der Waals surface area contributed by atoms with Crippen molar-refractivity contribution < 1.29 is 9.13 Å². The Labute approximate surface area is 176 Å². The molecule has 1 fully saturated rings. The van der Waals surface area contributed by atoms with Crippen LogP contribution in [0.2, 0.25) is 0 Å². The third kappa shape index (κ3) is 5.57. The summed E-state index contributed by atoms with van der Waals surface area (Å²) in [7, 11) is 1.81. The summed E-state index contributed by atoms with van der Waals surface area (Å²) in [6.07, 6.45) is -0.325. The molecule has 0 aliphatic carbocycles. The second kappa shape index (κ2) is 10.4. The van der Waals surface area contributed by atoms with Crippen molar-refractivity contribution >= 4 is 0 Å². The third-order valence-electron chi connectivity index (χ3n) is 5.00. The van der Waals surface area contributed by atoms with Gasteiger partial charge in [-0.05, 0) is 23.3 Å². The number of benzene rings is 2. The van der Waals surface area contributed by atoms with E-state index in [1.165, 1.54) is 12.1 Å². The number of nitrogens with one attached hydrogen (secondary N) is 1. The number of allylic oxidation sites excluding steroid dienone is 1. The van der Waals surface area contributed by atoms with Crippen LogP contribution in [0.1, 0.15) is 11.1 Å². The van der Waals surface area contributed by atoms with E-state index < -0.39 is 0 Å². The van der Waals surface area contributed by atoms with Crippen molar-refractivity contribution in [1.29, 1.82) is 10.5 Å². The topological polar surface area (TPSA) is 75.3 Å². The highest BCUT2D eigenvalue weighted by molar-refractivity contribution is 5.39. The van der Waals surface area contributed by atoms with Crippen LogP contribution in [0.15, 0.2) is 66.0 Å². The van der Waals surface area contributed by atoms with Gasteiger partial charge in [-0.1, -0.05) is 42.5 Å². The second-order valence-electron chi connectivity index (χ2n) is 7.08. The minimum absolute atomic E-state index is 0.00712. The van der Waals surface area contributed by atoms with E-state index in [0.29, 0.717) is 32.1 Å². The van der Waals surface area contributed by atoms with Crippen LogP contribution in [0.3, 0.4) is 0 Å². The van der Waals surface area contributed by atoms with E-state index in [0.717, 1.165) is 17.7 Å². The van der Waals surface area contributed by atoms with Crippen molar-refractivity contribution in [2.24, 2.45) is 0 Å². The maximum absolute atomic E-state index is 13.2. The predicted octanol–water partition coefficient (Wildman–Crippen LogP) is 2.96. The molecule has 154 valence electrons. The van der Waals surface area contributed by atoms with E-state index in [1.54, 1.807) is 12.1 Å². The van der Waals surface area contributed by atoms with E-state index in [-0.39, 0.29) is 17.6 Å². The van der Waals surface area contributed by atoms with Crippen LogP contribution < -0.4 is 5.32 Å². The lowest BCUT2D eigenvalue weighted by atomic mass is 10.2. The van der Waals surface area contributed by atoms with Gasteiger partial charge < -0.3 is 15.0 Å². The molecule has 0 spiro atoms. The summed E-state index contributed by atoms with van der Waals surface area (Å²) < 4.78 is 19.1. The zero-order chi connectivity index (χ0) is 21.3. The molecule has 1 aliphatic rings. The zero-order valence-corrected chi connectivity index (χ0v) is 16.9. The number of halogens is 1. The number of hydrogen-bond donors (Lipinski definition) is 1. The van der Waals surface area contributed by atoms with E-state index in [4.69, 9.17) is 4.74 Å². The van der Waals surface area contributed by atoms with Crippen LogP contribution in [0.5, 0.6) is 0 Å². The molecule has 1 N–H and O–H groups in total. The van der Waals surface area contributed by atoms with Gasteiger partial charge in [-0.15, -0.1) is 0 Å². The quantitative estimate of drug-likeness (QED) is 0.714. The highest BCUT2D eigenvalue weighted by Gasteiger charge is 2.27. The van der Waals surface area contributed by atoms with Gasteiger partial charge in [0.05, 0.1) is 6.61 Å². The fraction of sp³-hybridized carbons (Fsp3) is 0.304. The molecular weight excluding hydrogens is 381 g/mol. The molecule has 3 rings (SSSR count). The molecule has 1 saturated heterocycles. The van der Waals surface area contributed by atoms with Gasteiger partial charge in [0.15, 0.2) is 5.57 Å². The summed E-state index contributed by atoms with van der Waals surface area (Å²) >= 11 is 0. The van der Waals surface area contributed by atoms with Crippen LogP contribution in [0, 0.1) is 28.5 Å². The van der Waals surface area contributed by atoms with Crippen LogP contribution >= 0.6 is 0 Å². The Balaban J connectivity index is 1.70. The van der Waals surface area contributed by atoms with Crippen LogP contribution in [-0.4, -0.2) is 42.8 Å². The Hall–Kier alpha value is -3.39. The lowest BCUT2D eigenvalue weighted by Gasteiger charge is -2.39. The molecule has 6 nitrogen and oxygen atoms in total. The van der Waals surface area contributed by atoms with Crippen molar-refractivity contribution in [3.63, 3.8) is 0 Å². The van der Waals surface area contributed by atoms with Gasteiger partial charge in [-0.25, -0.2) is 4.39 Å². The molecule has 0 radical (unpaired) electrons.